The number of carbonyl (C=O) groups is 1. The number of carbonyl (C=O) groups excluding carboxylic acids is 1. The molecule has 0 atom stereocenters. The molecule has 0 aromatic carbocycles. The van der Waals surface area contributed by atoms with Gasteiger partial charge in [-0.1, -0.05) is 6.92 Å². The van der Waals surface area contributed by atoms with Crippen molar-refractivity contribution in [2.24, 2.45) is 0 Å². The van der Waals surface area contributed by atoms with Crippen LogP contribution < -0.4 is 5.32 Å². The van der Waals surface area contributed by atoms with E-state index in [2.05, 4.69) is 27.0 Å². The lowest BCUT2D eigenvalue weighted by molar-refractivity contribution is 0.0941. The topological polar surface area (TPSA) is 48.5 Å². The fourth-order valence-corrected chi connectivity index (χ4v) is 3.32. The van der Waals surface area contributed by atoms with Crippen molar-refractivity contribution in [3.63, 3.8) is 0 Å². The van der Waals surface area contributed by atoms with Gasteiger partial charge in [0, 0.05) is 39.3 Å². The normalized spacial score (nSPS) is 17.4. The van der Waals surface area contributed by atoms with Gasteiger partial charge in [0.25, 0.3) is 5.91 Å². The molecule has 1 aromatic heterocycles. The van der Waals surface area contributed by atoms with Crippen molar-refractivity contribution in [1.82, 2.24) is 20.1 Å². The minimum atomic E-state index is 0.0142. The molecule has 1 amide bonds. The third-order valence-corrected chi connectivity index (χ3v) is 4.81. The Morgan fingerprint density at radius 1 is 1.25 bits per heavy atom. The number of hydrogen-bond acceptors (Lipinski definition) is 5. The Bertz CT molecular complexity index is 452. The predicted molar refractivity (Wildman–Crippen MR) is 82.5 cm³/mol. The Kier molecular flexibility index (Phi) is 5.51. The van der Waals surface area contributed by atoms with E-state index in [0.29, 0.717) is 6.54 Å². The van der Waals surface area contributed by atoms with Crippen LogP contribution in [0.2, 0.25) is 0 Å². The molecule has 1 aromatic rings. The summed E-state index contributed by atoms with van der Waals surface area (Å²) in [7, 11) is 0. The Hall–Kier alpha value is -0.980. The van der Waals surface area contributed by atoms with Gasteiger partial charge < -0.3 is 10.2 Å². The molecular formula is C14H24N4OS. The van der Waals surface area contributed by atoms with Gasteiger partial charge in [-0.25, -0.2) is 4.98 Å². The largest absolute Gasteiger partial charge is 0.350 e. The van der Waals surface area contributed by atoms with E-state index in [0.717, 1.165) is 54.8 Å². The number of hydrogen-bond donors (Lipinski definition) is 1. The first kappa shape index (κ1) is 15.4. The first-order chi connectivity index (χ1) is 9.60. The van der Waals surface area contributed by atoms with Gasteiger partial charge in [0.2, 0.25) is 0 Å². The Morgan fingerprint density at radius 2 is 1.90 bits per heavy atom. The van der Waals surface area contributed by atoms with E-state index in [9.17, 15) is 4.79 Å². The molecule has 1 saturated heterocycles. The first-order valence-corrected chi connectivity index (χ1v) is 8.08. The molecule has 1 N–H and O–H groups in total. The number of amides is 1. The highest BCUT2D eigenvalue weighted by Gasteiger charge is 2.16. The molecule has 0 spiro atoms. The molecule has 0 aliphatic carbocycles. The van der Waals surface area contributed by atoms with Crippen molar-refractivity contribution in [2.45, 2.75) is 20.8 Å². The number of aryl methyl sites for hydroxylation is 2. The lowest BCUT2D eigenvalue weighted by Crippen LogP contribution is -2.48. The molecule has 2 heterocycles. The minimum Gasteiger partial charge on any atom is -0.350 e. The third-order valence-electron chi connectivity index (χ3n) is 3.74. The van der Waals surface area contributed by atoms with E-state index in [1.54, 1.807) is 0 Å². The first-order valence-electron chi connectivity index (χ1n) is 7.27. The zero-order valence-corrected chi connectivity index (χ0v) is 13.4. The number of piperazine rings is 1. The molecule has 20 heavy (non-hydrogen) atoms. The average Bonchev–Trinajstić information content (AvgIpc) is 2.78. The van der Waals surface area contributed by atoms with Gasteiger partial charge in [0.1, 0.15) is 4.88 Å². The fraction of sp³-hybridized carbons (Fsp3) is 0.714. The van der Waals surface area contributed by atoms with E-state index in [4.69, 9.17) is 0 Å². The predicted octanol–water partition coefficient (Wildman–Crippen LogP) is 1.13. The van der Waals surface area contributed by atoms with Gasteiger partial charge in [-0.15, -0.1) is 11.3 Å². The zero-order valence-electron chi connectivity index (χ0n) is 12.6. The van der Waals surface area contributed by atoms with Crippen LogP contribution in [-0.2, 0) is 0 Å². The number of nitrogens with zero attached hydrogens (tertiary/aromatic N) is 3. The summed E-state index contributed by atoms with van der Waals surface area (Å²) in [6, 6.07) is 0. The highest BCUT2D eigenvalue weighted by molar-refractivity contribution is 7.13. The van der Waals surface area contributed by atoms with Crippen LogP contribution in [-0.4, -0.2) is 66.5 Å². The molecule has 2 rings (SSSR count). The van der Waals surface area contributed by atoms with Crippen LogP contribution in [0.15, 0.2) is 0 Å². The molecule has 0 saturated carbocycles. The Morgan fingerprint density at radius 3 is 2.45 bits per heavy atom. The van der Waals surface area contributed by atoms with Gasteiger partial charge in [0.15, 0.2) is 0 Å². The molecular weight excluding hydrogens is 272 g/mol. The zero-order chi connectivity index (χ0) is 14.5. The van der Waals surface area contributed by atoms with Crippen molar-refractivity contribution in [2.75, 3.05) is 45.8 Å². The molecule has 112 valence electrons. The van der Waals surface area contributed by atoms with Crippen molar-refractivity contribution in [1.29, 1.82) is 0 Å². The van der Waals surface area contributed by atoms with Crippen LogP contribution in [0.1, 0.15) is 27.3 Å². The fourth-order valence-electron chi connectivity index (χ4n) is 2.48. The maximum absolute atomic E-state index is 12.1. The number of aromatic nitrogens is 1. The molecule has 6 heteroatoms. The Labute approximate surface area is 125 Å². The van der Waals surface area contributed by atoms with Crippen LogP contribution in [0.25, 0.3) is 0 Å². The van der Waals surface area contributed by atoms with E-state index >= 15 is 0 Å². The summed E-state index contributed by atoms with van der Waals surface area (Å²) in [4.78, 5) is 22.0. The second-order valence-electron chi connectivity index (χ2n) is 5.18. The van der Waals surface area contributed by atoms with E-state index in [1.807, 2.05) is 13.8 Å². The summed E-state index contributed by atoms with van der Waals surface area (Å²) in [5.74, 6) is 0.0142. The summed E-state index contributed by atoms with van der Waals surface area (Å²) in [5.41, 5.74) is 0.835. The summed E-state index contributed by atoms with van der Waals surface area (Å²) in [6.45, 7) is 13.3. The number of likely N-dealkylation sites (N-methyl/N-ethyl adjacent to an activating group) is 1. The smallest absolute Gasteiger partial charge is 0.263 e. The van der Waals surface area contributed by atoms with Gasteiger partial charge in [-0.3, -0.25) is 9.69 Å². The molecule has 1 aliphatic rings. The van der Waals surface area contributed by atoms with Crippen LogP contribution in [0.3, 0.4) is 0 Å². The lowest BCUT2D eigenvalue weighted by atomic mass is 10.3. The average molecular weight is 296 g/mol. The van der Waals surface area contributed by atoms with Crippen LogP contribution in [0.5, 0.6) is 0 Å². The second-order valence-corrected chi connectivity index (χ2v) is 6.38. The highest BCUT2D eigenvalue weighted by atomic mass is 32.1. The molecule has 1 fully saturated rings. The van der Waals surface area contributed by atoms with Crippen molar-refractivity contribution < 1.29 is 4.79 Å². The van der Waals surface area contributed by atoms with Crippen LogP contribution >= 0.6 is 11.3 Å². The highest BCUT2D eigenvalue weighted by Crippen LogP contribution is 2.16. The monoisotopic (exact) mass is 296 g/mol. The maximum Gasteiger partial charge on any atom is 0.263 e. The minimum absolute atomic E-state index is 0.0142. The third kappa shape index (κ3) is 4.01. The van der Waals surface area contributed by atoms with Gasteiger partial charge in [-0.2, -0.15) is 0 Å². The van der Waals surface area contributed by atoms with Crippen LogP contribution in [0, 0.1) is 13.8 Å². The summed E-state index contributed by atoms with van der Waals surface area (Å²) < 4.78 is 0. The summed E-state index contributed by atoms with van der Waals surface area (Å²) in [5, 5.41) is 3.95. The molecule has 0 unspecified atom stereocenters. The van der Waals surface area contributed by atoms with Gasteiger partial charge in [0.05, 0.1) is 10.7 Å². The maximum atomic E-state index is 12.1. The number of rotatable bonds is 5. The molecule has 1 aliphatic heterocycles. The van der Waals surface area contributed by atoms with Crippen molar-refractivity contribution in [3.05, 3.63) is 15.6 Å². The lowest BCUT2D eigenvalue weighted by Gasteiger charge is -2.33. The van der Waals surface area contributed by atoms with Gasteiger partial charge in [-0.05, 0) is 20.4 Å². The Balaban J connectivity index is 1.71. The molecule has 5 nitrogen and oxygen atoms in total. The number of thiazole rings is 1. The molecule has 0 radical (unpaired) electrons. The van der Waals surface area contributed by atoms with Crippen molar-refractivity contribution >= 4 is 17.2 Å². The summed E-state index contributed by atoms with van der Waals surface area (Å²) in [6.07, 6.45) is 0. The summed E-state index contributed by atoms with van der Waals surface area (Å²) >= 11 is 1.47. The van der Waals surface area contributed by atoms with Crippen molar-refractivity contribution in [3.8, 4) is 0 Å². The van der Waals surface area contributed by atoms with Crippen LogP contribution in [0.4, 0.5) is 0 Å². The van der Waals surface area contributed by atoms with Gasteiger partial charge >= 0.3 is 0 Å². The number of nitrogens with one attached hydrogen (secondary N) is 1. The van der Waals surface area contributed by atoms with E-state index < -0.39 is 0 Å². The molecule has 0 bridgehead atoms. The standard InChI is InChI=1S/C14H24N4OS/c1-4-17-7-9-18(10-8-17)6-5-15-14(19)13-11(2)16-12(3)20-13/h4-10H2,1-3H3,(H,15,19). The quantitative estimate of drug-likeness (QED) is 0.885. The second kappa shape index (κ2) is 7.15. The van der Waals surface area contributed by atoms with E-state index in [1.165, 1.54) is 11.3 Å². The SMILES string of the molecule is CCN1CCN(CCNC(=O)c2sc(C)nc2C)CC1. The van der Waals surface area contributed by atoms with E-state index in [-0.39, 0.29) is 5.91 Å².